The lowest BCUT2D eigenvalue weighted by molar-refractivity contribution is -0.133. The highest BCUT2D eigenvalue weighted by Gasteiger charge is 2.35. The fourth-order valence-electron chi connectivity index (χ4n) is 3.18. The van der Waals surface area contributed by atoms with Crippen LogP contribution in [0.2, 0.25) is 0 Å². The first-order valence-corrected chi connectivity index (χ1v) is 9.41. The van der Waals surface area contributed by atoms with Gasteiger partial charge in [-0.3, -0.25) is 4.79 Å². The molecule has 1 unspecified atom stereocenters. The van der Waals surface area contributed by atoms with Crippen molar-refractivity contribution in [3.63, 3.8) is 0 Å². The number of carbonyl (C=O) groups is 1. The minimum atomic E-state index is -0.00284. The smallest absolute Gasteiger partial charge is 0.226 e. The van der Waals surface area contributed by atoms with Crippen molar-refractivity contribution in [1.29, 1.82) is 0 Å². The van der Waals surface area contributed by atoms with E-state index in [9.17, 15) is 4.79 Å². The number of rotatable bonds is 5. The molecule has 1 aliphatic heterocycles. The Morgan fingerprint density at radius 1 is 1.12 bits per heavy atom. The Hall–Kier alpha value is -1.49. The zero-order chi connectivity index (χ0) is 16.9. The van der Waals surface area contributed by atoms with Gasteiger partial charge in [-0.1, -0.05) is 55.5 Å². The predicted molar refractivity (Wildman–Crippen MR) is 107 cm³/mol. The number of amides is 1. The number of thioether (sulfide) groups is 1. The second-order valence-corrected chi connectivity index (χ2v) is 7.54. The molecule has 1 heterocycles. The van der Waals surface area contributed by atoms with Gasteiger partial charge in [0.05, 0.1) is 0 Å². The Labute approximate surface area is 160 Å². The van der Waals surface area contributed by atoms with Gasteiger partial charge in [0.1, 0.15) is 0 Å². The van der Waals surface area contributed by atoms with E-state index in [1.54, 1.807) is 11.8 Å². The number of nitrogens with zero attached hydrogens (tertiary/aromatic N) is 1. The number of carbonyl (C=O) groups excluding carboxylic acids is 1. The SMILES string of the molecule is CC(CSc1ccccc1)C(=O)N1C[C@@H](N)[C@H](c2ccccc2)C1.Cl. The monoisotopic (exact) mass is 376 g/mol. The molecule has 3 rings (SSSR count). The van der Waals surface area contributed by atoms with Crippen LogP contribution in [0.3, 0.4) is 0 Å². The molecule has 25 heavy (non-hydrogen) atoms. The molecule has 5 heteroatoms. The number of likely N-dealkylation sites (tertiary alicyclic amines) is 1. The van der Waals surface area contributed by atoms with Gasteiger partial charge in [0.15, 0.2) is 0 Å². The van der Waals surface area contributed by atoms with Crippen LogP contribution in [0.1, 0.15) is 18.4 Å². The van der Waals surface area contributed by atoms with Crippen molar-refractivity contribution in [2.24, 2.45) is 11.7 Å². The van der Waals surface area contributed by atoms with E-state index in [1.807, 2.05) is 48.2 Å². The number of nitrogens with two attached hydrogens (primary N) is 1. The summed E-state index contributed by atoms with van der Waals surface area (Å²) < 4.78 is 0. The molecular formula is C20H25ClN2OS. The van der Waals surface area contributed by atoms with Crippen LogP contribution in [0, 0.1) is 5.92 Å². The van der Waals surface area contributed by atoms with Crippen LogP contribution < -0.4 is 5.73 Å². The topological polar surface area (TPSA) is 46.3 Å². The molecule has 0 spiro atoms. The van der Waals surface area contributed by atoms with E-state index in [-0.39, 0.29) is 36.2 Å². The Morgan fingerprint density at radius 2 is 1.72 bits per heavy atom. The maximum absolute atomic E-state index is 12.7. The third-order valence-electron chi connectivity index (χ3n) is 4.57. The van der Waals surface area contributed by atoms with Crippen molar-refractivity contribution in [1.82, 2.24) is 4.90 Å². The van der Waals surface area contributed by atoms with Crippen molar-refractivity contribution < 1.29 is 4.79 Å². The first-order chi connectivity index (χ1) is 11.6. The van der Waals surface area contributed by atoms with Gasteiger partial charge in [0.25, 0.3) is 0 Å². The number of hydrogen-bond donors (Lipinski definition) is 1. The lowest BCUT2D eigenvalue weighted by atomic mass is 9.95. The molecule has 0 saturated carbocycles. The molecule has 0 aliphatic carbocycles. The number of benzene rings is 2. The fourth-order valence-corrected chi connectivity index (χ4v) is 4.12. The minimum Gasteiger partial charge on any atom is -0.340 e. The average molecular weight is 377 g/mol. The average Bonchev–Trinajstić information content (AvgIpc) is 3.02. The molecule has 1 aliphatic rings. The summed E-state index contributed by atoms with van der Waals surface area (Å²) in [5.74, 6) is 1.25. The first-order valence-electron chi connectivity index (χ1n) is 8.42. The third kappa shape index (κ3) is 5.00. The molecule has 1 amide bonds. The van der Waals surface area contributed by atoms with Crippen LogP contribution in [0.5, 0.6) is 0 Å². The van der Waals surface area contributed by atoms with Crippen molar-refractivity contribution in [3.8, 4) is 0 Å². The van der Waals surface area contributed by atoms with Gasteiger partial charge >= 0.3 is 0 Å². The van der Waals surface area contributed by atoms with E-state index in [4.69, 9.17) is 5.73 Å². The largest absolute Gasteiger partial charge is 0.340 e. The molecule has 0 bridgehead atoms. The normalized spacial score (nSPS) is 20.8. The highest BCUT2D eigenvalue weighted by Crippen LogP contribution is 2.28. The van der Waals surface area contributed by atoms with E-state index in [2.05, 4.69) is 24.3 Å². The van der Waals surface area contributed by atoms with Gasteiger partial charge in [-0.05, 0) is 17.7 Å². The fraction of sp³-hybridized carbons (Fsp3) is 0.350. The van der Waals surface area contributed by atoms with Crippen LogP contribution in [0.4, 0.5) is 0 Å². The molecule has 3 nitrogen and oxygen atoms in total. The molecule has 3 atom stereocenters. The van der Waals surface area contributed by atoms with Gasteiger partial charge in [-0.2, -0.15) is 0 Å². The summed E-state index contributed by atoms with van der Waals surface area (Å²) in [4.78, 5) is 15.9. The molecule has 0 aromatic heterocycles. The first kappa shape index (κ1) is 19.8. The van der Waals surface area contributed by atoms with Crippen molar-refractivity contribution in [3.05, 3.63) is 66.2 Å². The van der Waals surface area contributed by atoms with Gasteiger partial charge in [0, 0.05) is 41.6 Å². The Bertz CT molecular complexity index is 668. The maximum atomic E-state index is 12.7. The van der Waals surface area contributed by atoms with Crippen LogP contribution in [0.25, 0.3) is 0 Å². The molecule has 134 valence electrons. The molecule has 2 aromatic rings. The van der Waals surface area contributed by atoms with Crippen LogP contribution in [-0.2, 0) is 4.79 Å². The summed E-state index contributed by atoms with van der Waals surface area (Å²) in [7, 11) is 0. The van der Waals surface area contributed by atoms with Crippen LogP contribution in [-0.4, -0.2) is 35.7 Å². The summed E-state index contributed by atoms with van der Waals surface area (Å²) in [6.45, 7) is 3.39. The number of hydrogen-bond acceptors (Lipinski definition) is 3. The minimum absolute atomic E-state index is 0. The van der Waals surface area contributed by atoms with Crippen LogP contribution >= 0.6 is 24.2 Å². The van der Waals surface area contributed by atoms with Crippen LogP contribution in [0.15, 0.2) is 65.6 Å². The molecule has 0 radical (unpaired) electrons. The molecule has 2 N–H and O–H groups in total. The Kier molecular flexibility index (Phi) is 7.36. The summed E-state index contributed by atoms with van der Waals surface area (Å²) in [6.07, 6.45) is 0. The van der Waals surface area contributed by atoms with Gasteiger partial charge in [-0.25, -0.2) is 0 Å². The third-order valence-corrected chi connectivity index (χ3v) is 5.84. The zero-order valence-corrected chi connectivity index (χ0v) is 16.0. The van der Waals surface area contributed by atoms with Crippen molar-refractivity contribution in [2.45, 2.75) is 23.8 Å². The summed E-state index contributed by atoms with van der Waals surface area (Å²) >= 11 is 1.73. The van der Waals surface area contributed by atoms with Gasteiger partial charge in [-0.15, -0.1) is 24.2 Å². The molecular weight excluding hydrogens is 352 g/mol. The highest BCUT2D eigenvalue weighted by atomic mass is 35.5. The second kappa shape index (κ2) is 9.27. The van der Waals surface area contributed by atoms with Crippen molar-refractivity contribution in [2.75, 3.05) is 18.8 Å². The van der Waals surface area contributed by atoms with E-state index >= 15 is 0 Å². The molecule has 2 aromatic carbocycles. The summed E-state index contributed by atoms with van der Waals surface area (Å²) in [5.41, 5.74) is 7.53. The van der Waals surface area contributed by atoms with Gasteiger partial charge in [0.2, 0.25) is 5.91 Å². The molecule has 1 fully saturated rings. The van der Waals surface area contributed by atoms with E-state index in [0.717, 1.165) is 12.3 Å². The lowest BCUT2D eigenvalue weighted by Gasteiger charge is -2.21. The predicted octanol–water partition coefficient (Wildman–Crippen LogP) is 3.79. The maximum Gasteiger partial charge on any atom is 0.226 e. The quantitative estimate of drug-likeness (QED) is 0.807. The Balaban J connectivity index is 0.00000225. The van der Waals surface area contributed by atoms with E-state index < -0.39 is 0 Å². The second-order valence-electron chi connectivity index (χ2n) is 6.45. The summed E-state index contributed by atoms with van der Waals surface area (Å²) in [5, 5.41) is 0. The molecule has 1 saturated heterocycles. The van der Waals surface area contributed by atoms with E-state index in [0.29, 0.717) is 6.54 Å². The van der Waals surface area contributed by atoms with Gasteiger partial charge < -0.3 is 10.6 Å². The standard InChI is InChI=1S/C20H24N2OS.ClH/c1-15(14-24-17-10-6-3-7-11-17)20(23)22-12-18(19(21)13-22)16-8-4-2-5-9-16;/h2-11,15,18-19H,12-14,21H2,1H3;1H/t15?,18-,19+;/m0./s1. The lowest BCUT2D eigenvalue weighted by Crippen LogP contribution is -2.36. The number of halogens is 1. The van der Waals surface area contributed by atoms with Crippen molar-refractivity contribution >= 4 is 30.1 Å². The Morgan fingerprint density at radius 3 is 2.36 bits per heavy atom. The summed E-state index contributed by atoms with van der Waals surface area (Å²) in [6, 6.07) is 20.5. The van der Waals surface area contributed by atoms with E-state index in [1.165, 1.54) is 10.5 Å². The highest BCUT2D eigenvalue weighted by molar-refractivity contribution is 7.99. The zero-order valence-electron chi connectivity index (χ0n) is 14.4.